The number of hydrazone groups is 1. The van der Waals surface area contributed by atoms with Crippen LogP contribution in [0.4, 0.5) is 10.1 Å². The highest BCUT2D eigenvalue weighted by molar-refractivity contribution is 7.22. The number of hydrogen-bond acceptors (Lipinski definition) is 7. The number of nitrogens with zero attached hydrogens (tertiary/aromatic N) is 4. The Morgan fingerprint density at radius 1 is 1.30 bits per heavy atom. The molecule has 0 bridgehead atoms. The number of hydrogen-bond donors (Lipinski definition) is 0. The van der Waals surface area contributed by atoms with Gasteiger partial charge < -0.3 is 0 Å². The predicted molar refractivity (Wildman–Crippen MR) is 91.3 cm³/mol. The molecule has 116 valence electrons. The van der Waals surface area contributed by atoms with Crippen molar-refractivity contribution in [1.29, 1.82) is 0 Å². The molecule has 0 aliphatic rings. The topological polar surface area (TPSA) is 88.7 Å². The molecule has 1 amide bonds. The normalized spacial score (nSPS) is 11.2. The van der Waals surface area contributed by atoms with Gasteiger partial charge in [-0.25, -0.2) is 4.98 Å². The van der Waals surface area contributed by atoms with E-state index in [1.54, 1.807) is 6.07 Å². The van der Waals surface area contributed by atoms with Crippen molar-refractivity contribution in [2.75, 3.05) is 5.01 Å². The molecule has 0 radical (unpaired) electrons. The van der Waals surface area contributed by atoms with Gasteiger partial charge in [-0.05, 0) is 18.2 Å². The molecule has 23 heavy (non-hydrogen) atoms. The molecule has 2 aromatic heterocycles. The number of nitro groups is 1. The van der Waals surface area contributed by atoms with Crippen LogP contribution in [0.5, 0.6) is 0 Å². The monoisotopic (exact) mass is 346 g/mol. The number of para-hydroxylation sites is 1. The van der Waals surface area contributed by atoms with Crippen molar-refractivity contribution in [3.05, 3.63) is 51.4 Å². The fraction of sp³-hybridized carbons (Fsp3) is 0.0714. The van der Waals surface area contributed by atoms with Crippen molar-refractivity contribution < 1.29 is 9.72 Å². The molecular formula is C14H10N4O3S2. The van der Waals surface area contributed by atoms with Gasteiger partial charge in [-0.1, -0.05) is 34.8 Å². The lowest BCUT2D eigenvalue weighted by atomic mass is 10.3. The summed E-state index contributed by atoms with van der Waals surface area (Å²) >= 11 is 2.35. The third kappa shape index (κ3) is 3.25. The molecule has 0 saturated carbocycles. The smallest absolute Gasteiger partial charge is 0.273 e. The van der Waals surface area contributed by atoms with Crippen LogP contribution in [0, 0.1) is 10.1 Å². The average molecular weight is 346 g/mol. The minimum absolute atomic E-state index is 0.0285. The molecule has 0 fully saturated rings. The van der Waals surface area contributed by atoms with E-state index in [2.05, 4.69) is 10.1 Å². The van der Waals surface area contributed by atoms with Gasteiger partial charge in [0.2, 0.25) is 11.0 Å². The Morgan fingerprint density at radius 3 is 2.74 bits per heavy atom. The van der Waals surface area contributed by atoms with Crippen LogP contribution in [-0.4, -0.2) is 22.0 Å². The zero-order chi connectivity index (χ0) is 16.4. The molecule has 3 aromatic rings. The third-order valence-electron chi connectivity index (χ3n) is 2.86. The Kier molecular flexibility index (Phi) is 4.13. The molecule has 2 heterocycles. The molecule has 0 unspecified atom stereocenters. The maximum Gasteiger partial charge on any atom is 0.324 e. The second kappa shape index (κ2) is 6.23. The van der Waals surface area contributed by atoms with Gasteiger partial charge in [0.25, 0.3) is 0 Å². The number of carbonyl (C=O) groups is 1. The summed E-state index contributed by atoms with van der Waals surface area (Å²) in [6, 6.07) is 10.5. The van der Waals surface area contributed by atoms with E-state index in [1.165, 1.54) is 35.6 Å². The van der Waals surface area contributed by atoms with Crippen LogP contribution in [0.1, 0.15) is 11.8 Å². The lowest BCUT2D eigenvalue weighted by molar-refractivity contribution is -0.380. The molecule has 0 spiro atoms. The number of fused-ring (bicyclic) bond motifs is 1. The highest BCUT2D eigenvalue weighted by Gasteiger charge is 2.15. The minimum atomic E-state index is -0.460. The number of thiophene rings is 1. The van der Waals surface area contributed by atoms with Gasteiger partial charge >= 0.3 is 5.00 Å². The fourth-order valence-corrected chi connectivity index (χ4v) is 3.50. The number of anilines is 1. The van der Waals surface area contributed by atoms with Gasteiger partial charge in [0.15, 0.2) is 0 Å². The van der Waals surface area contributed by atoms with Crippen LogP contribution in [0.15, 0.2) is 41.5 Å². The van der Waals surface area contributed by atoms with E-state index in [0.717, 1.165) is 21.6 Å². The number of thiazole rings is 1. The lowest BCUT2D eigenvalue weighted by Gasteiger charge is -2.09. The second-order valence-corrected chi connectivity index (χ2v) is 6.58. The van der Waals surface area contributed by atoms with Gasteiger partial charge in [0.1, 0.15) is 0 Å². The first kappa shape index (κ1) is 15.3. The molecule has 9 heteroatoms. The molecule has 0 aliphatic heterocycles. The van der Waals surface area contributed by atoms with E-state index in [0.29, 0.717) is 10.0 Å². The summed E-state index contributed by atoms with van der Waals surface area (Å²) in [7, 11) is 0. The Labute approximate surface area is 138 Å². The first-order valence-corrected chi connectivity index (χ1v) is 8.12. The first-order chi connectivity index (χ1) is 11.0. The number of rotatable bonds is 4. The lowest BCUT2D eigenvalue weighted by Crippen LogP contribution is -2.22. The van der Waals surface area contributed by atoms with Crippen molar-refractivity contribution in [3.8, 4) is 0 Å². The standard InChI is InChI=1S/C14H10N4O3S2/c1-9(19)17(14-16-11-4-2-3-5-12(11)23-14)15-8-10-6-7-13(22-10)18(20)21/h2-8H,1H3/b15-8+. The number of aromatic nitrogens is 1. The molecule has 3 rings (SSSR count). The summed E-state index contributed by atoms with van der Waals surface area (Å²) in [6.07, 6.45) is 1.42. The zero-order valence-corrected chi connectivity index (χ0v) is 13.5. The van der Waals surface area contributed by atoms with Gasteiger partial charge in [-0.2, -0.15) is 10.1 Å². The van der Waals surface area contributed by atoms with Crippen LogP contribution >= 0.6 is 22.7 Å². The SMILES string of the molecule is CC(=O)N(/N=C/c1ccc([N+](=O)[O-])s1)c1nc2ccccc2s1. The highest BCUT2D eigenvalue weighted by atomic mass is 32.1. The molecular weight excluding hydrogens is 336 g/mol. The summed E-state index contributed by atoms with van der Waals surface area (Å²) in [5, 5.41) is 16.5. The molecule has 7 nitrogen and oxygen atoms in total. The van der Waals surface area contributed by atoms with E-state index < -0.39 is 4.92 Å². The van der Waals surface area contributed by atoms with Crippen molar-refractivity contribution in [1.82, 2.24) is 4.98 Å². The van der Waals surface area contributed by atoms with E-state index in [9.17, 15) is 14.9 Å². The van der Waals surface area contributed by atoms with Crippen LogP contribution in [0.25, 0.3) is 10.2 Å². The molecule has 0 atom stereocenters. The summed E-state index contributed by atoms with van der Waals surface area (Å²) in [6.45, 7) is 1.39. The van der Waals surface area contributed by atoms with Gasteiger partial charge in [-0.3, -0.25) is 14.9 Å². The maximum atomic E-state index is 11.8. The van der Waals surface area contributed by atoms with Gasteiger partial charge in [0, 0.05) is 13.0 Å². The molecule has 0 aliphatic carbocycles. The Balaban J connectivity index is 1.90. The molecule has 0 N–H and O–H groups in total. The van der Waals surface area contributed by atoms with Crippen molar-refractivity contribution in [2.24, 2.45) is 5.10 Å². The van der Waals surface area contributed by atoms with Crippen LogP contribution in [0.3, 0.4) is 0 Å². The largest absolute Gasteiger partial charge is 0.324 e. The van der Waals surface area contributed by atoms with E-state index >= 15 is 0 Å². The fourth-order valence-electron chi connectivity index (χ4n) is 1.84. The Hall–Kier alpha value is -2.65. The summed E-state index contributed by atoms with van der Waals surface area (Å²) in [4.78, 5) is 27.0. The number of amides is 1. The molecule has 1 aromatic carbocycles. The summed E-state index contributed by atoms with van der Waals surface area (Å²) in [5.74, 6) is -0.286. The predicted octanol–water partition coefficient (Wildman–Crippen LogP) is 3.65. The molecule has 0 saturated heterocycles. The second-order valence-electron chi connectivity index (χ2n) is 4.47. The van der Waals surface area contributed by atoms with Crippen molar-refractivity contribution in [2.45, 2.75) is 6.92 Å². The van der Waals surface area contributed by atoms with Crippen LogP contribution < -0.4 is 5.01 Å². The third-order valence-corrected chi connectivity index (χ3v) is 4.84. The van der Waals surface area contributed by atoms with Crippen molar-refractivity contribution in [3.63, 3.8) is 0 Å². The van der Waals surface area contributed by atoms with E-state index in [1.807, 2.05) is 24.3 Å². The van der Waals surface area contributed by atoms with Crippen LogP contribution in [-0.2, 0) is 4.79 Å². The summed E-state index contributed by atoms with van der Waals surface area (Å²) in [5.41, 5.74) is 0.792. The van der Waals surface area contributed by atoms with Crippen molar-refractivity contribution >= 4 is 55.1 Å². The zero-order valence-electron chi connectivity index (χ0n) is 11.9. The minimum Gasteiger partial charge on any atom is -0.273 e. The van der Waals surface area contributed by atoms with Gasteiger partial charge in [0.05, 0.1) is 26.2 Å². The maximum absolute atomic E-state index is 11.8. The first-order valence-electron chi connectivity index (χ1n) is 6.49. The van der Waals surface area contributed by atoms with E-state index in [4.69, 9.17) is 0 Å². The van der Waals surface area contributed by atoms with E-state index in [-0.39, 0.29) is 10.9 Å². The summed E-state index contributed by atoms with van der Waals surface area (Å²) < 4.78 is 0.954. The Morgan fingerprint density at radius 2 is 2.09 bits per heavy atom. The Bertz CT molecular complexity index is 883. The number of carbonyl (C=O) groups excluding carboxylic acids is 1. The number of benzene rings is 1. The average Bonchev–Trinajstić information content (AvgIpc) is 3.13. The quantitative estimate of drug-likeness (QED) is 0.410. The van der Waals surface area contributed by atoms with Crippen LogP contribution in [0.2, 0.25) is 0 Å². The van der Waals surface area contributed by atoms with Gasteiger partial charge in [-0.15, -0.1) is 0 Å². The highest BCUT2D eigenvalue weighted by Crippen LogP contribution is 2.29.